The van der Waals surface area contributed by atoms with Crippen molar-refractivity contribution in [2.45, 2.75) is 13.0 Å². The maximum Gasteiger partial charge on any atom is 0.142 e. The molecule has 0 bridgehead atoms. The van der Waals surface area contributed by atoms with Crippen LogP contribution in [0.3, 0.4) is 0 Å². The Kier molecular flexibility index (Phi) is 4.70. The molecule has 1 atom stereocenters. The number of aliphatic hydroxyl groups is 1. The summed E-state index contributed by atoms with van der Waals surface area (Å²) in [5.41, 5.74) is 2.57. The van der Waals surface area contributed by atoms with E-state index in [1.165, 1.54) is 0 Å². The third kappa shape index (κ3) is 2.95. The molecular formula is C17H21NO3. The lowest BCUT2D eigenvalue weighted by Gasteiger charge is -2.26. The first-order chi connectivity index (χ1) is 10.1. The average molecular weight is 287 g/mol. The molecule has 112 valence electrons. The first-order valence-electron chi connectivity index (χ1n) is 6.81. The molecule has 0 saturated carbocycles. The number of nitrogens with zero attached hydrogens (tertiary/aromatic N) is 1. The second kappa shape index (κ2) is 6.50. The van der Waals surface area contributed by atoms with Crippen LogP contribution in [-0.4, -0.2) is 26.4 Å². The van der Waals surface area contributed by atoms with Crippen molar-refractivity contribution < 1.29 is 14.6 Å². The summed E-state index contributed by atoms with van der Waals surface area (Å²) in [4.78, 5) is 1.99. The molecule has 0 saturated heterocycles. The van der Waals surface area contributed by atoms with Crippen LogP contribution in [0.1, 0.15) is 18.6 Å². The van der Waals surface area contributed by atoms with Gasteiger partial charge in [-0.05, 0) is 31.2 Å². The molecule has 0 aliphatic carbocycles. The molecule has 0 spiro atoms. The molecule has 0 heterocycles. The number of hydrogen-bond donors (Lipinski definition) is 1. The number of hydrogen-bond acceptors (Lipinski definition) is 4. The van der Waals surface area contributed by atoms with Gasteiger partial charge in [-0.2, -0.15) is 0 Å². The van der Waals surface area contributed by atoms with Crippen LogP contribution in [0.2, 0.25) is 0 Å². The number of aliphatic hydroxyl groups excluding tert-OH is 1. The molecule has 0 fully saturated rings. The summed E-state index contributed by atoms with van der Waals surface area (Å²) in [6, 6.07) is 13.5. The highest BCUT2D eigenvalue weighted by Gasteiger charge is 2.19. The van der Waals surface area contributed by atoms with Gasteiger partial charge in [0, 0.05) is 12.6 Å². The Labute approximate surface area is 125 Å². The standard InChI is InChI=1S/C17H21NO3/c1-12(19)17-14(9-7-11-16(17)21-4)18(2)13-8-5-6-10-15(13)20-3/h5-12,19H,1-4H3/t12-/m1/s1. The van der Waals surface area contributed by atoms with Crippen LogP contribution in [0.25, 0.3) is 0 Å². The van der Waals surface area contributed by atoms with Crippen LogP contribution in [0.4, 0.5) is 11.4 Å². The molecule has 2 aromatic carbocycles. The summed E-state index contributed by atoms with van der Waals surface area (Å²) < 4.78 is 10.8. The van der Waals surface area contributed by atoms with Gasteiger partial charge < -0.3 is 19.5 Å². The van der Waals surface area contributed by atoms with Gasteiger partial charge in [-0.25, -0.2) is 0 Å². The van der Waals surface area contributed by atoms with E-state index in [9.17, 15) is 5.11 Å². The molecule has 0 aliphatic rings. The van der Waals surface area contributed by atoms with E-state index in [1.807, 2.05) is 54.4 Å². The molecule has 4 nitrogen and oxygen atoms in total. The van der Waals surface area contributed by atoms with E-state index in [2.05, 4.69) is 0 Å². The SMILES string of the molecule is COc1ccccc1N(C)c1cccc(OC)c1[C@@H](C)O. The van der Waals surface area contributed by atoms with Gasteiger partial charge in [-0.15, -0.1) is 0 Å². The Hall–Kier alpha value is -2.20. The van der Waals surface area contributed by atoms with Gasteiger partial charge in [0.2, 0.25) is 0 Å². The molecule has 4 heteroatoms. The molecule has 2 aromatic rings. The first kappa shape index (κ1) is 15.2. The lowest BCUT2D eigenvalue weighted by molar-refractivity contribution is 0.195. The van der Waals surface area contributed by atoms with Crippen LogP contribution >= 0.6 is 0 Å². The summed E-state index contributed by atoms with van der Waals surface area (Å²) in [5.74, 6) is 1.45. The predicted octanol–water partition coefficient (Wildman–Crippen LogP) is 3.53. The van der Waals surface area contributed by atoms with Crippen molar-refractivity contribution in [3.63, 3.8) is 0 Å². The Morgan fingerprint density at radius 2 is 1.48 bits per heavy atom. The number of ether oxygens (including phenoxy) is 2. The van der Waals surface area contributed by atoms with Gasteiger partial charge in [0.25, 0.3) is 0 Å². The van der Waals surface area contributed by atoms with E-state index in [1.54, 1.807) is 21.1 Å². The van der Waals surface area contributed by atoms with Gasteiger partial charge in [0.1, 0.15) is 11.5 Å². The topological polar surface area (TPSA) is 41.9 Å². The number of anilines is 2. The van der Waals surface area contributed by atoms with Crippen LogP contribution < -0.4 is 14.4 Å². The summed E-state index contributed by atoms with van der Waals surface area (Å²) in [7, 11) is 5.19. The van der Waals surface area contributed by atoms with E-state index in [0.29, 0.717) is 5.75 Å². The van der Waals surface area contributed by atoms with Crippen molar-refractivity contribution in [1.29, 1.82) is 0 Å². The fourth-order valence-electron chi connectivity index (χ4n) is 2.46. The zero-order valence-corrected chi connectivity index (χ0v) is 12.8. The van der Waals surface area contributed by atoms with Crippen molar-refractivity contribution in [2.75, 3.05) is 26.2 Å². The quantitative estimate of drug-likeness (QED) is 0.913. The van der Waals surface area contributed by atoms with E-state index in [4.69, 9.17) is 9.47 Å². The van der Waals surface area contributed by atoms with Crippen LogP contribution in [0, 0.1) is 0 Å². The Morgan fingerprint density at radius 3 is 2.10 bits per heavy atom. The van der Waals surface area contributed by atoms with Crippen molar-refractivity contribution in [3.8, 4) is 11.5 Å². The Morgan fingerprint density at radius 1 is 0.905 bits per heavy atom. The molecule has 21 heavy (non-hydrogen) atoms. The van der Waals surface area contributed by atoms with Gasteiger partial charge in [0.15, 0.2) is 0 Å². The monoisotopic (exact) mass is 287 g/mol. The van der Waals surface area contributed by atoms with Gasteiger partial charge >= 0.3 is 0 Å². The molecule has 0 aliphatic heterocycles. The summed E-state index contributed by atoms with van der Waals surface area (Å²) in [6.45, 7) is 1.73. The zero-order valence-electron chi connectivity index (χ0n) is 12.8. The lowest BCUT2D eigenvalue weighted by Crippen LogP contribution is -2.14. The van der Waals surface area contributed by atoms with Crippen molar-refractivity contribution in [2.24, 2.45) is 0 Å². The number of para-hydroxylation sites is 2. The maximum atomic E-state index is 10.1. The molecule has 1 N–H and O–H groups in total. The smallest absolute Gasteiger partial charge is 0.142 e. The third-order valence-electron chi connectivity index (χ3n) is 3.49. The minimum atomic E-state index is -0.631. The fraction of sp³-hybridized carbons (Fsp3) is 0.294. The van der Waals surface area contributed by atoms with Crippen molar-refractivity contribution in [1.82, 2.24) is 0 Å². The maximum absolute atomic E-state index is 10.1. The summed E-state index contributed by atoms with van der Waals surface area (Å²) in [6.07, 6.45) is -0.631. The third-order valence-corrected chi connectivity index (χ3v) is 3.49. The van der Waals surface area contributed by atoms with Crippen LogP contribution in [0.5, 0.6) is 11.5 Å². The highest BCUT2D eigenvalue weighted by molar-refractivity contribution is 5.72. The largest absolute Gasteiger partial charge is 0.496 e. The van der Waals surface area contributed by atoms with Gasteiger partial charge in [-0.1, -0.05) is 18.2 Å². The van der Waals surface area contributed by atoms with Gasteiger partial charge in [-0.3, -0.25) is 0 Å². The minimum Gasteiger partial charge on any atom is -0.496 e. The van der Waals surface area contributed by atoms with Gasteiger partial charge in [0.05, 0.1) is 31.7 Å². The number of rotatable bonds is 5. The summed E-state index contributed by atoms with van der Waals surface area (Å²) >= 11 is 0. The summed E-state index contributed by atoms with van der Waals surface area (Å²) in [5, 5.41) is 10.1. The fourth-order valence-corrected chi connectivity index (χ4v) is 2.46. The molecule has 2 rings (SSSR count). The minimum absolute atomic E-state index is 0.631. The molecular weight excluding hydrogens is 266 g/mol. The second-order valence-corrected chi connectivity index (χ2v) is 4.80. The molecule has 0 aromatic heterocycles. The second-order valence-electron chi connectivity index (χ2n) is 4.80. The number of methoxy groups -OCH3 is 2. The Balaban J connectivity index is 2.55. The van der Waals surface area contributed by atoms with E-state index >= 15 is 0 Å². The van der Waals surface area contributed by atoms with E-state index in [-0.39, 0.29) is 0 Å². The molecule has 0 radical (unpaired) electrons. The normalized spacial score (nSPS) is 11.9. The van der Waals surface area contributed by atoms with E-state index < -0.39 is 6.10 Å². The van der Waals surface area contributed by atoms with Crippen molar-refractivity contribution >= 4 is 11.4 Å². The predicted molar refractivity (Wildman–Crippen MR) is 84.7 cm³/mol. The average Bonchev–Trinajstić information content (AvgIpc) is 2.53. The lowest BCUT2D eigenvalue weighted by atomic mass is 10.1. The van der Waals surface area contributed by atoms with Crippen LogP contribution in [0.15, 0.2) is 42.5 Å². The van der Waals surface area contributed by atoms with Crippen LogP contribution in [-0.2, 0) is 0 Å². The zero-order chi connectivity index (χ0) is 15.4. The Bertz CT molecular complexity index is 611. The molecule has 0 unspecified atom stereocenters. The molecule has 0 amide bonds. The first-order valence-corrected chi connectivity index (χ1v) is 6.81. The van der Waals surface area contributed by atoms with E-state index in [0.717, 1.165) is 22.7 Å². The highest BCUT2D eigenvalue weighted by atomic mass is 16.5. The highest BCUT2D eigenvalue weighted by Crippen LogP contribution is 2.39. The van der Waals surface area contributed by atoms with Crippen molar-refractivity contribution in [3.05, 3.63) is 48.0 Å². The number of benzene rings is 2.